The van der Waals surface area contributed by atoms with Gasteiger partial charge < -0.3 is 15.1 Å². The zero-order valence-corrected chi connectivity index (χ0v) is 11.1. The van der Waals surface area contributed by atoms with Crippen LogP contribution in [0.3, 0.4) is 0 Å². The van der Waals surface area contributed by atoms with Crippen LogP contribution in [0.15, 0.2) is 0 Å². The van der Waals surface area contributed by atoms with E-state index in [4.69, 9.17) is 0 Å². The van der Waals surface area contributed by atoms with E-state index in [-0.39, 0.29) is 12.3 Å². The minimum Gasteiger partial charge on any atom is -0.481 e. The maximum Gasteiger partial charge on any atom is 0.310 e. The molecule has 0 aromatic carbocycles. The molecule has 106 valence electrons. The molecule has 3 rings (SSSR count). The van der Waals surface area contributed by atoms with Crippen molar-refractivity contribution in [2.45, 2.75) is 50.5 Å². The molecule has 19 heavy (non-hydrogen) atoms. The number of carboxylic acids is 1. The van der Waals surface area contributed by atoms with Crippen LogP contribution in [0.25, 0.3) is 0 Å². The van der Waals surface area contributed by atoms with Gasteiger partial charge in [0.25, 0.3) is 0 Å². The summed E-state index contributed by atoms with van der Waals surface area (Å²) in [6.07, 6.45) is 5.21. The maximum absolute atomic E-state index is 12.2. The summed E-state index contributed by atoms with van der Waals surface area (Å²) in [5.74, 6) is -0.581. The molecule has 5 nitrogen and oxygen atoms in total. The van der Waals surface area contributed by atoms with Crippen LogP contribution >= 0.6 is 0 Å². The van der Waals surface area contributed by atoms with Crippen LogP contribution in [0.2, 0.25) is 0 Å². The minimum atomic E-state index is -0.843. The zero-order chi connectivity index (χ0) is 13.7. The number of aliphatic hydroxyl groups is 1. The molecule has 3 aliphatic rings. The molecule has 0 atom stereocenters. The van der Waals surface area contributed by atoms with Crippen molar-refractivity contribution in [3.05, 3.63) is 0 Å². The normalized spacial score (nSPS) is 27.9. The van der Waals surface area contributed by atoms with E-state index in [9.17, 15) is 19.8 Å². The monoisotopic (exact) mass is 267 g/mol. The zero-order valence-electron chi connectivity index (χ0n) is 11.1. The second kappa shape index (κ2) is 4.20. The van der Waals surface area contributed by atoms with Crippen LogP contribution in [0.5, 0.6) is 0 Å². The van der Waals surface area contributed by atoms with Crippen molar-refractivity contribution in [3.8, 4) is 0 Å². The van der Waals surface area contributed by atoms with E-state index in [1.807, 2.05) is 0 Å². The van der Waals surface area contributed by atoms with Crippen LogP contribution < -0.4 is 0 Å². The molecule has 1 amide bonds. The molecule has 5 heteroatoms. The molecule has 2 saturated carbocycles. The van der Waals surface area contributed by atoms with Gasteiger partial charge in [-0.3, -0.25) is 9.59 Å². The summed E-state index contributed by atoms with van der Waals surface area (Å²) in [6, 6.07) is 0. The third-order valence-electron chi connectivity index (χ3n) is 5.12. The first kappa shape index (κ1) is 12.9. The van der Waals surface area contributed by atoms with Crippen molar-refractivity contribution in [1.29, 1.82) is 0 Å². The Bertz CT molecular complexity index is 404. The number of β-amino-alcohol motifs (C(OH)–C–C–N with tert-alkyl or cyclic N) is 1. The molecule has 0 aromatic rings. The average molecular weight is 267 g/mol. The van der Waals surface area contributed by atoms with Crippen LogP contribution in [-0.2, 0) is 9.59 Å². The number of carboxylic acid groups (broad SMARTS) is 1. The van der Waals surface area contributed by atoms with E-state index in [0.29, 0.717) is 31.8 Å². The Morgan fingerprint density at radius 2 is 1.74 bits per heavy atom. The summed E-state index contributed by atoms with van der Waals surface area (Å²) in [4.78, 5) is 25.2. The number of carbonyl (C=O) groups is 2. The highest BCUT2D eigenvalue weighted by Crippen LogP contribution is 2.46. The summed E-state index contributed by atoms with van der Waals surface area (Å²) in [7, 11) is 0. The molecule has 0 radical (unpaired) electrons. The number of amides is 1. The molecule has 1 heterocycles. The lowest BCUT2D eigenvalue weighted by Crippen LogP contribution is -2.65. The Morgan fingerprint density at radius 1 is 1.16 bits per heavy atom. The summed E-state index contributed by atoms with van der Waals surface area (Å²) in [5.41, 5.74) is -1.52. The lowest BCUT2D eigenvalue weighted by Gasteiger charge is -2.47. The predicted molar refractivity (Wildman–Crippen MR) is 67.4 cm³/mol. The number of rotatable bonds is 4. The van der Waals surface area contributed by atoms with Gasteiger partial charge in [0.2, 0.25) is 5.91 Å². The van der Waals surface area contributed by atoms with Gasteiger partial charge in [0.05, 0.1) is 18.5 Å². The molecule has 3 fully saturated rings. The Labute approximate surface area is 112 Å². The van der Waals surface area contributed by atoms with Gasteiger partial charge in [-0.15, -0.1) is 0 Å². The largest absolute Gasteiger partial charge is 0.481 e. The maximum atomic E-state index is 12.2. The Morgan fingerprint density at radius 3 is 2.21 bits per heavy atom. The summed E-state index contributed by atoms with van der Waals surface area (Å²) < 4.78 is 0. The lowest BCUT2D eigenvalue weighted by molar-refractivity contribution is -0.166. The van der Waals surface area contributed by atoms with Crippen molar-refractivity contribution in [2.75, 3.05) is 13.1 Å². The van der Waals surface area contributed by atoms with Crippen LogP contribution in [0.1, 0.15) is 44.9 Å². The summed E-state index contributed by atoms with van der Waals surface area (Å²) in [6.45, 7) is 0.790. The van der Waals surface area contributed by atoms with E-state index < -0.39 is 17.0 Å². The fraction of sp³-hybridized carbons (Fsp3) is 0.857. The first-order valence-electron chi connectivity index (χ1n) is 7.19. The first-order chi connectivity index (χ1) is 8.95. The van der Waals surface area contributed by atoms with E-state index >= 15 is 0 Å². The number of carbonyl (C=O) groups excluding carboxylic acids is 1. The molecule has 2 aliphatic carbocycles. The molecule has 0 unspecified atom stereocenters. The highest BCUT2D eigenvalue weighted by Gasteiger charge is 2.54. The van der Waals surface area contributed by atoms with Crippen molar-refractivity contribution < 1.29 is 19.8 Å². The molecule has 1 saturated heterocycles. The molecule has 1 aliphatic heterocycles. The van der Waals surface area contributed by atoms with Crippen molar-refractivity contribution in [2.24, 2.45) is 11.3 Å². The van der Waals surface area contributed by atoms with Gasteiger partial charge in [-0.05, 0) is 31.6 Å². The van der Waals surface area contributed by atoms with Crippen molar-refractivity contribution in [3.63, 3.8) is 0 Å². The quantitative estimate of drug-likeness (QED) is 0.796. The van der Waals surface area contributed by atoms with Gasteiger partial charge in [0, 0.05) is 6.42 Å². The standard InChI is InChI=1S/C14H21NO4/c16-11(7-13(12(17)18)5-1-2-6-13)15-8-14(19,9-15)10-3-4-10/h10,19H,1-9H2,(H,17,18). The fourth-order valence-electron chi connectivity index (χ4n) is 3.59. The SMILES string of the molecule is O=C(CC1(C(=O)O)CCCC1)N1CC(O)(C2CC2)C1. The number of likely N-dealkylation sites (tertiary alicyclic amines) is 1. The number of hydrogen-bond acceptors (Lipinski definition) is 3. The molecule has 0 bridgehead atoms. The highest BCUT2D eigenvalue weighted by molar-refractivity contribution is 5.85. The van der Waals surface area contributed by atoms with Gasteiger partial charge in [0.1, 0.15) is 5.60 Å². The van der Waals surface area contributed by atoms with Crippen molar-refractivity contribution in [1.82, 2.24) is 4.90 Å². The van der Waals surface area contributed by atoms with Crippen LogP contribution in [0.4, 0.5) is 0 Å². The van der Waals surface area contributed by atoms with Gasteiger partial charge in [-0.1, -0.05) is 12.8 Å². The smallest absolute Gasteiger partial charge is 0.310 e. The van der Waals surface area contributed by atoms with E-state index in [2.05, 4.69) is 0 Å². The minimum absolute atomic E-state index is 0.100. The Kier molecular flexibility index (Phi) is 2.85. The third kappa shape index (κ3) is 2.14. The molecule has 2 N–H and O–H groups in total. The second-order valence-electron chi connectivity index (χ2n) is 6.60. The number of hydrogen-bond donors (Lipinski definition) is 2. The van der Waals surface area contributed by atoms with Gasteiger partial charge >= 0.3 is 5.97 Å². The predicted octanol–water partition coefficient (Wildman–Crippen LogP) is 1.00. The third-order valence-corrected chi connectivity index (χ3v) is 5.12. The number of nitrogens with zero attached hydrogens (tertiary/aromatic N) is 1. The lowest BCUT2D eigenvalue weighted by atomic mass is 9.81. The first-order valence-corrected chi connectivity index (χ1v) is 7.19. The summed E-state index contributed by atoms with van der Waals surface area (Å²) in [5, 5.41) is 19.6. The Balaban J connectivity index is 1.58. The summed E-state index contributed by atoms with van der Waals surface area (Å²) >= 11 is 0. The number of aliphatic carboxylic acids is 1. The molecule has 0 spiro atoms. The van der Waals surface area contributed by atoms with Crippen LogP contribution in [-0.4, -0.2) is 45.7 Å². The van der Waals surface area contributed by atoms with E-state index in [0.717, 1.165) is 25.7 Å². The molecular formula is C14H21NO4. The van der Waals surface area contributed by atoms with E-state index in [1.165, 1.54) is 0 Å². The average Bonchev–Trinajstić information content (AvgIpc) is 3.06. The van der Waals surface area contributed by atoms with Gasteiger partial charge in [-0.2, -0.15) is 0 Å². The molecule has 0 aromatic heterocycles. The highest BCUT2D eigenvalue weighted by atomic mass is 16.4. The van der Waals surface area contributed by atoms with Crippen LogP contribution in [0, 0.1) is 11.3 Å². The fourth-order valence-corrected chi connectivity index (χ4v) is 3.59. The Hall–Kier alpha value is -1.10. The van der Waals surface area contributed by atoms with Crippen molar-refractivity contribution >= 4 is 11.9 Å². The topological polar surface area (TPSA) is 77.8 Å². The second-order valence-corrected chi connectivity index (χ2v) is 6.60. The van der Waals surface area contributed by atoms with Gasteiger partial charge in [-0.25, -0.2) is 0 Å². The molecular weight excluding hydrogens is 246 g/mol. The van der Waals surface area contributed by atoms with E-state index in [1.54, 1.807) is 4.90 Å². The van der Waals surface area contributed by atoms with Gasteiger partial charge in [0.15, 0.2) is 0 Å².